The second-order valence-electron chi connectivity index (χ2n) is 4.03. The van der Waals surface area contributed by atoms with Gasteiger partial charge < -0.3 is 5.73 Å². The summed E-state index contributed by atoms with van der Waals surface area (Å²) in [4.78, 5) is 12.3. The zero-order valence-electron chi connectivity index (χ0n) is 9.99. The van der Waals surface area contributed by atoms with Crippen molar-refractivity contribution in [3.63, 3.8) is 0 Å². The van der Waals surface area contributed by atoms with Gasteiger partial charge in [0, 0.05) is 6.07 Å². The number of hydrogen-bond acceptors (Lipinski definition) is 2. The van der Waals surface area contributed by atoms with Gasteiger partial charge in [-0.1, -0.05) is 46.4 Å². The Hall–Kier alpha value is -1.07. The molecule has 0 aliphatic heterocycles. The Morgan fingerprint density at radius 3 is 2.14 bits per heavy atom. The monoisotopic (exact) mass is 369 g/mol. The molecule has 0 spiro atoms. The first-order valence-electron chi connectivity index (χ1n) is 5.36. The van der Waals surface area contributed by atoms with Crippen molar-refractivity contribution in [2.24, 2.45) is 0 Å². The molecular formula is C13H5Cl4F2NO. The normalized spacial score (nSPS) is 10.8. The van der Waals surface area contributed by atoms with E-state index in [0.29, 0.717) is 6.07 Å². The Bertz CT molecular complexity index is 765. The van der Waals surface area contributed by atoms with Crippen LogP contribution in [0.3, 0.4) is 0 Å². The summed E-state index contributed by atoms with van der Waals surface area (Å²) in [5, 5.41) is -0.382. The second-order valence-corrected chi connectivity index (χ2v) is 5.60. The first kappa shape index (κ1) is 16.3. The molecule has 0 aliphatic rings. The quantitative estimate of drug-likeness (QED) is 0.333. The van der Waals surface area contributed by atoms with Crippen LogP contribution in [0.5, 0.6) is 0 Å². The number of nitrogen functional groups attached to an aromatic ring is 1. The van der Waals surface area contributed by atoms with Crippen LogP contribution in [0.2, 0.25) is 20.1 Å². The van der Waals surface area contributed by atoms with Crippen LogP contribution in [0.1, 0.15) is 15.9 Å². The van der Waals surface area contributed by atoms with E-state index in [9.17, 15) is 13.6 Å². The number of carbonyl (C=O) groups excluding carboxylic acids is 1. The minimum atomic E-state index is -1.09. The van der Waals surface area contributed by atoms with E-state index in [2.05, 4.69) is 0 Å². The summed E-state index contributed by atoms with van der Waals surface area (Å²) >= 11 is 23.4. The highest BCUT2D eigenvalue weighted by atomic mass is 35.5. The average Bonchev–Trinajstić information content (AvgIpc) is 2.40. The van der Waals surface area contributed by atoms with Crippen molar-refractivity contribution < 1.29 is 13.6 Å². The number of ketones is 1. The summed E-state index contributed by atoms with van der Waals surface area (Å²) in [5.74, 6) is -2.95. The van der Waals surface area contributed by atoms with E-state index in [1.165, 1.54) is 6.07 Å². The summed E-state index contributed by atoms with van der Waals surface area (Å²) in [6.07, 6.45) is 0. The lowest BCUT2D eigenvalue weighted by molar-refractivity contribution is 0.103. The van der Waals surface area contributed by atoms with Gasteiger partial charge in [0.15, 0.2) is 5.78 Å². The SMILES string of the molecule is Nc1cc(C(=O)c2c(Cl)cc(Cl)c(Cl)c2Cl)c(F)cc1F. The summed E-state index contributed by atoms with van der Waals surface area (Å²) in [6.45, 7) is 0. The average molecular weight is 371 g/mol. The van der Waals surface area contributed by atoms with Crippen molar-refractivity contribution in [1.82, 2.24) is 0 Å². The van der Waals surface area contributed by atoms with Gasteiger partial charge in [-0.2, -0.15) is 0 Å². The molecule has 21 heavy (non-hydrogen) atoms. The zero-order valence-corrected chi connectivity index (χ0v) is 13.0. The van der Waals surface area contributed by atoms with Crippen LogP contribution >= 0.6 is 46.4 Å². The predicted molar refractivity (Wildman–Crippen MR) is 80.7 cm³/mol. The smallest absolute Gasteiger partial charge is 0.199 e. The van der Waals surface area contributed by atoms with Gasteiger partial charge in [-0.15, -0.1) is 0 Å². The minimum absolute atomic E-state index is 0.0438. The number of benzene rings is 2. The van der Waals surface area contributed by atoms with Crippen molar-refractivity contribution >= 4 is 57.9 Å². The molecule has 0 atom stereocenters. The molecule has 0 amide bonds. The van der Waals surface area contributed by atoms with Crippen LogP contribution in [-0.4, -0.2) is 5.78 Å². The lowest BCUT2D eigenvalue weighted by Gasteiger charge is -2.10. The largest absolute Gasteiger partial charge is 0.396 e. The third-order valence-corrected chi connectivity index (χ3v) is 4.23. The summed E-state index contributed by atoms with van der Waals surface area (Å²) in [6, 6.07) is 2.57. The molecule has 0 saturated heterocycles. The molecule has 0 radical (unpaired) electrons. The predicted octanol–water partition coefficient (Wildman–Crippen LogP) is 5.39. The Balaban J connectivity index is 2.66. The van der Waals surface area contributed by atoms with Crippen LogP contribution < -0.4 is 5.73 Å². The zero-order chi connectivity index (χ0) is 15.9. The van der Waals surface area contributed by atoms with E-state index >= 15 is 0 Å². The highest BCUT2D eigenvalue weighted by Crippen LogP contribution is 2.38. The van der Waals surface area contributed by atoms with Crippen LogP contribution in [0.15, 0.2) is 18.2 Å². The molecule has 2 N–H and O–H groups in total. The lowest BCUT2D eigenvalue weighted by Crippen LogP contribution is -2.08. The molecule has 0 aliphatic carbocycles. The third kappa shape index (κ3) is 2.94. The Labute approximate surface area is 138 Å². The van der Waals surface area contributed by atoms with Crippen molar-refractivity contribution in [2.75, 3.05) is 5.73 Å². The number of anilines is 1. The Morgan fingerprint density at radius 2 is 1.52 bits per heavy atom. The summed E-state index contributed by atoms with van der Waals surface area (Å²) in [5.41, 5.74) is 4.23. The number of rotatable bonds is 2. The molecule has 0 unspecified atom stereocenters. The maximum absolute atomic E-state index is 13.7. The highest BCUT2D eigenvalue weighted by Gasteiger charge is 2.24. The van der Waals surface area contributed by atoms with E-state index in [0.717, 1.165) is 6.07 Å². The number of nitrogens with two attached hydrogens (primary N) is 1. The number of halogens is 6. The first-order valence-corrected chi connectivity index (χ1v) is 6.87. The molecule has 110 valence electrons. The molecule has 0 saturated carbocycles. The van der Waals surface area contributed by atoms with Crippen LogP contribution in [0.25, 0.3) is 0 Å². The molecule has 0 bridgehead atoms. The fraction of sp³-hybridized carbons (Fsp3) is 0. The standard InChI is InChI=1S/C13H5Cl4F2NO/c14-5-2-6(15)11(16)12(17)10(5)13(21)4-1-9(20)8(19)3-7(4)18/h1-3H,20H2. The Kier molecular flexibility index (Phi) is 4.63. The van der Waals surface area contributed by atoms with Gasteiger partial charge in [-0.3, -0.25) is 4.79 Å². The third-order valence-electron chi connectivity index (χ3n) is 2.67. The fourth-order valence-electron chi connectivity index (χ4n) is 1.65. The Morgan fingerprint density at radius 1 is 0.905 bits per heavy atom. The molecule has 2 rings (SSSR count). The van der Waals surface area contributed by atoms with Crippen LogP contribution in [0.4, 0.5) is 14.5 Å². The maximum atomic E-state index is 13.7. The summed E-state index contributed by atoms with van der Waals surface area (Å²) < 4.78 is 26.9. The van der Waals surface area contributed by atoms with Gasteiger partial charge in [-0.25, -0.2) is 8.78 Å². The second kappa shape index (κ2) is 5.97. The van der Waals surface area contributed by atoms with Crippen LogP contribution in [-0.2, 0) is 0 Å². The van der Waals surface area contributed by atoms with E-state index in [1.807, 2.05) is 0 Å². The molecule has 2 aromatic rings. The van der Waals surface area contributed by atoms with Crippen molar-refractivity contribution in [1.29, 1.82) is 0 Å². The fourth-order valence-corrected chi connectivity index (χ4v) is 2.73. The van der Waals surface area contributed by atoms with E-state index in [-0.39, 0.29) is 31.3 Å². The molecule has 0 fully saturated rings. The number of hydrogen-bond donors (Lipinski definition) is 1. The highest BCUT2D eigenvalue weighted by molar-refractivity contribution is 6.51. The van der Waals surface area contributed by atoms with Gasteiger partial charge in [0.1, 0.15) is 11.6 Å². The van der Waals surface area contributed by atoms with Crippen molar-refractivity contribution in [2.45, 2.75) is 0 Å². The van der Waals surface area contributed by atoms with Gasteiger partial charge in [-0.05, 0) is 12.1 Å². The van der Waals surface area contributed by atoms with Gasteiger partial charge in [0.05, 0.1) is 36.9 Å². The molecule has 2 aromatic carbocycles. The van der Waals surface area contributed by atoms with Crippen molar-refractivity contribution in [3.8, 4) is 0 Å². The lowest BCUT2D eigenvalue weighted by atomic mass is 10.0. The van der Waals surface area contributed by atoms with Crippen LogP contribution in [0, 0.1) is 11.6 Å². The van der Waals surface area contributed by atoms with Gasteiger partial charge in [0.25, 0.3) is 0 Å². The molecule has 0 heterocycles. The van der Waals surface area contributed by atoms with E-state index in [1.54, 1.807) is 0 Å². The first-order chi connectivity index (χ1) is 9.73. The minimum Gasteiger partial charge on any atom is -0.396 e. The molecule has 0 aromatic heterocycles. The summed E-state index contributed by atoms with van der Waals surface area (Å²) in [7, 11) is 0. The maximum Gasteiger partial charge on any atom is 0.199 e. The van der Waals surface area contributed by atoms with Gasteiger partial charge >= 0.3 is 0 Å². The molecule has 8 heteroatoms. The topological polar surface area (TPSA) is 43.1 Å². The number of carbonyl (C=O) groups is 1. The van der Waals surface area contributed by atoms with Gasteiger partial charge in [0.2, 0.25) is 0 Å². The van der Waals surface area contributed by atoms with E-state index in [4.69, 9.17) is 52.1 Å². The van der Waals surface area contributed by atoms with Crippen molar-refractivity contribution in [3.05, 3.63) is 61.1 Å². The molecule has 2 nitrogen and oxygen atoms in total. The molecular weight excluding hydrogens is 366 g/mol. The van der Waals surface area contributed by atoms with E-state index < -0.39 is 23.0 Å².